The molecular formula is C16H26N4O. The maximum absolute atomic E-state index is 12.5. The van der Waals surface area contributed by atoms with Crippen LogP contribution in [0, 0.1) is 5.92 Å². The molecule has 0 N–H and O–H groups in total. The highest BCUT2D eigenvalue weighted by Crippen LogP contribution is 2.25. The molecule has 1 saturated carbocycles. The molecular weight excluding hydrogens is 264 g/mol. The maximum Gasteiger partial charge on any atom is 0.225 e. The lowest BCUT2D eigenvalue weighted by Crippen LogP contribution is -2.34. The maximum atomic E-state index is 12.5. The van der Waals surface area contributed by atoms with Crippen molar-refractivity contribution in [2.75, 3.05) is 7.05 Å². The number of amides is 1. The van der Waals surface area contributed by atoms with Crippen molar-refractivity contribution in [2.24, 2.45) is 5.92 Å². The third-order valence-corrected chi connectivity index (χ3v) is 4.90. The first-order chi connectivity index (χ1) is 10.3. The molecule has 0 bridgehead atoms. The van der Waals surface area contributed by atoms with Gasteiger partial charge in [0.15, 0.2) is 5.82 Å². The minimum Gasteiger partial charge on any atom is -0.338 e. The molecule has 1 amide bonds. The van der Waals surface area contributed by atoms with E-state index in [4.69, 9.17) is 0 Å². The monoisotopic (exact) mass is 290 g/mol. The van der Waals surface area contributed by atoms with Gasteiger partial charge < -0.3 is 9.47 Å². The van der Waals surface area contributed by atoms with Gasteiger partial charge in [0.2, 0.25) is 5.91 Å². The van der Waals surface area contributed by atoms with Crippen LogP contribution in [0.4, 0.5) is 0 Å². The summed E-state index contributed by atoms with van der Waals surface area (Å²) in [6.45, 7) is 1.60. The summed E-state index contributed by atoms with van der Waals surface area (Å²) in [4.78, 5) is 14.4. The summed E-state index contributed by atoms with van der Waals surface area (Å²) in [5.74, 6) is 2.58. The lowest BCUT2D eigenvalue weighted by atomic mass is 9.88. The second kappa shape index (κ2) is 6.58. The third kappa shape index (κ3) is 3.27. The van der Waals surface area contributed by atoms with Crippen molar-refractivity contribution in [1.29, 1.82) is 0 Å². The number of nitrogens with zero attached hydrogens (tertiary/aromatic N) is 4. The van der Waals surface area contributed by atoms with Gasteiger partial charge in [0.25, 0.3) is 0 Å². The van der Waals surface area contributed by atoms with E-state index in [9.17, 15) is 4.79 Å². The molecule has 21 heavy (non-hydrogen) atoms. The highest BCUT2D eigenvalue weighted by Gasteiger charge is 2.25. The normalized spacial score (nSPS) is 19.9. The third-order valence-electron chi connectivity index (χ3n) is 4.90. The Hall–Kier alpha value is -1.39. The number of aryl methyl sites for hydroxylation is 1. The van der Waals surface area contributed by atoms with E-state index in [2.05, 4.69) is 14.8 Å². The van der Waals surface area contributed by atoms with Crippen LogP contribution in [0.25, 0.3) is 0 Å². The summed E-state index contributed by atoms with van der Waals surface area (Å²) in [7, 11) is 1.91. The molecule has 1 aliphatic heterocycles. The minimum absolute atomic E-state index is 0.232. The predicted molar refractivity (Wildman–Crippen MR) is 80.6 cm³/mol. The van der Waals surface area contributed by atoms with Gasteiger partial charge in [-0.05, 0) is 25.7 Å². The van der Waals surface area contributed by atoms with Gasteiger partial charge in [-0.1, -0.05) is 25.7 Å². The largest absolute Gasteiger partial charge is 0.338 e. The van der Waals surface area contributed by atoms with Crippen molar-refractivity contribution < 1.29 is 4.79 Å². The second-order valence-corrected chi connectivity index (χ2v) is 6.52. The van der Waals surface area contributed by atoms with E-state index in [0.717, 1.165) is 37.5 Å². The SMILES string of the molecule is CN(Cc1nnc2n1CCCCC2)C(=O)C1CCCCC1. The summed E-state index contributed by atoms with van der Waals surface area (Å²) in [5.41, 5.74) is 0. The first-order valence-corrected chi connectivity index (χ1v) is 8.41. The number of rotatable bonds is 3. The van der Waals surface area contributed by atoms with Crippen LogP contribution in [0.15, 0.2) is 0 Å². The highest BCUT2D eigenvalue weighted by molar-refractivity contribution is 5.78. The lowest BCUT2D eigenvalue weighted by molar-refractivity contribution is -0.135. The lowest BCUT2D eigenvalue weighted by Gasteiger charge is -2.26. The smallest absolute Gasteiger partial charge is 0.225 e. The number of aromatic nitrogens is 3. The van der Waals surface area contributed by atoms with Gasteiger partial charge in [0.1, 0.15) is 5.82 Å². The topological polar surface area (TPSA) is 51.0 Å². The fourth-order valence-electron chi connectivity index (χ4n) is 3.61. The Morgan fingerprint density at radius 2 is 1.90 bits per heavy atom. The van der Waals surface area contributed by atoms with Gasteiger partial charge in [-0.15, -0.1) is 10.2 Å². The summed E-state index contributed by atoms with van der Waals surface area (Å²) >= 11 is 0. The Morgan fingerprint density at radius 3 is 2.71 bits per heavy atom. The molecule has 3 rings (SSSR count). The summed E-state index contributed by atoms with van der Waals surface area (Å²) in [6, 6.07) is 0. The summed E-state index contributed by atoms with van der Waals surface area (Å²) in [5, 5.41) is 8.64. The van der Waals surface area contributed by atoms with Crippen LogP contribution in [0.5, 0.6) is 0 Å². The molecule has 116 valence electrons. The first-order valence-electron chi connectivity index (χ1n) is 8.41. The first kappa shape index (κ1) is 14.5. The van der Waals surface area contributed by atoms with Crippen LogP contribution in [0.3, 0.4) is 0 Å². The fourth-order valence-corrected chi connectivity index (χ4v) is 3.61. The van der Waals surface area contributed by atoms with Crippen LogP contribution in [0.1, 0.15) is 63.0 Å². The minimum atomic E-state index is 0.232. The summed E-state index contributed by atoms with van der Waals surface area (Å²) < 4.78 is 2.23. The van der Waals surface area contributed by atoms with Gasteiger partial charge in [-0.2, -0.15) is 0 Å². The quantitative estimate of drug-likeness (QED) is 0.859. The van der Waals surface area contributed by atoms with Crippen molar-refractivity contribution in [3.05, 3.63) is 11.6 Å². The van der Waals surface area contributed by atoms with Crippen molar-refractivity contribution in [3.63, 3.8) is 0 Å². The molecule has 0 aromatic carbocycles. The number of carbonyl (C=O) groups is 1. The molecule has 1 fully saturated rings. The van der Waals surface area contributed by atoms with Crippen molar-refractivity contribution in [1.82, 2.24) is 19.7 Å². The van der Waals surface area contributed by atoms with Gasteiger partial charge in [-0.25, -0.2) is 0 Å². The van der Waals surface area contributed by atoms with E-state index < -0.39 is 0 Å². The summed E-state index contributed by atoms with van der Waals surface area (Å²) in [6.07, 6.45) is 10.5. The Balaban J connectivity index is 1.65. The highest BCUT2D eigenvalue weighted by atomic mass is 16.2. The average Bonchev–Trinajstić information content (AvgIpc) is 2.75. The van der Waals surface area contributed by atoms with Gasteiger partial charge >= 0.3 is 0 Å². The molecule has 0 unspecified atom stereocenters. The Kier molecular flexibility index (Phi) is 4.56. The predicted octanol–water partition coefficient (Wildman–Crippen LogP) is 2.54. The fraction of sp³-hybridized carbons (Fsp3) is 0.812. The number of fused-ring (bicyclic) bond motifs is 1. The van der Waals surface area contributed by atoms with Crippen molar-refractivity contribution >= 4 is 5.91 Å². The van der Waals surface area contributed by atoms with E-state index in [1.54, 1.807) is 0 Å². The number of hydrogen-bond acceptors (Lipinski definition) is 3. The van der Waals surface area contributed by atoms with Crippen LogP contribution in [-0.4, -0.2) is 32.6 Å². The van der Waals surface area contributed by atoms with Crippen LogP contribution >= 0.6 is 0 Å². The van der Waals surface area contributed by atoms with E-state index in [-0.39, 0.29) is 5.92 Å². The Labute approximate surface area is 126 Å². The molecule has 1 aromatic rings. The molecule has 0 saturated heterocycles. The molecule has 0 spiro atoms. The average molecular weight is 290 g/mol. The molecule has 2 heterocycles. The van der Waals surface area contributed by atoms with Gasteiger partial charge in [-0.3, -0.25) is 4.79 Å². The zero-order valence-corrected chi connectivity index (χ0v) is 13.1. The van der Waals surface area contributed by atoms with Crippen LogP contribution < -0.4 is 0 Å². The van der Waals surface area contributed by atoms with Crippen molar-refractivity contribution in [2.45, 2.75) is 70.9 Å². The molecule has 5 heteroatoms. The van der Waals surface area contributed by atoms with Gasteiger partial charge in [0.05, 0.1) is 6.54 Å². The molecule has 0 radical (unpaired) electrons. The zero-order valence-electron chi connectivity index (χ0n) is 13.1. The van der Waals surface area contributed by atoms with Crippen LogP contribution in [-0.2, 0) is 24.3 Å². The van der Waals surface area contributed by atoms with E-state index in [0.29, 0.717) is 12.5 Å². The number of hydrogen-bond donors (Lipinski definition) is 0. The number of carbonyl (C=O) groups excluding carboxylic acids is 1. The molecule has 1 aromatic heterocycles. The molecule has 5 nitrogen and oxygen atoms in total. The Bertz CT molecular complexity index is 490. The van der Waals surface area contributed by atoms with Gasteiger partial charge in [0, 0.05) is 25.9 Å². The second-order valence-electron chi connectivity index (χ2n) is 6.52. The molecule has 2 aliphatic rings. The molecule has 1 aliphatic carbocycles. The van der Waals surface area contributed by atoms with E-state index >= 15 is 0 Å². The zero-order chi connectivity index (χ0) is 14.7. The van der Waals surface area contributed by atoms with E-state index in [1.807, 2.05) is 11.9 Å². The Morgan fingerprint density at radius 1 is 1.14 bits per heavy atom. The standard InChI is InChI=1S/C16H26N4O/c1-19(16(21)13-8-4-2-5-9-13)12-15-18-17-14-10-6-3-7-11-20(14)15/h13H,2-12H2,1H3. The van der Waals surface area contributed by atoms with Crippen molar-refractivity contribution in [3.8, 4) is 0 Å². The van der Waals surface area contributed by atoms with Crippen LogP contribution in [0.2, 0.25) is 0 Å². The van der Waals surface area contributed by atoms with E-state index in [1.165, 1.54) is 38.5 Å². The molecule has 0 atom stereocenters.